The Morgan fingerprint density at radius 1 is 1.14 bits per heavy atom. The molecule has 2 aromatic heterocycles. The van der Waals surface area contributed by atoms with E-state index < -0.39 is 0 Å². The molecule has 28 heavy (non-hydrogen) atoms. The summed E-state index contributed by atoms with van der Waals surface area (Å²) in [5.41, 5.74) is 7.25. The van der Waals surface area contributed by atoms with Gasteiger partial charge in [0.2, 0.25) is 0 Å². The van der Waals surface area contributed by atoms with Gasteiger partial charge in [-0.15, -0.1) is 11.3 Å². The minimum atomic E-state index is -0.193. The van der Waals surface area contributed by atoms with E-state index in [1.165, 1.54) is 0 Å². The van der Waals surface area contributed by atoms with Crippen LogP contribution in [0.15, 0.2) is 47.8 Å². The Morgan fingerprint density at radius 2 is 1.93 bits per heavy atom. The third kappa shape index (κ3) is 2.98. The van der Waals surface area contributed by atoms with Gasteiger partial charge in [0, 0.05) is 40.0 Å². The van der Waals surface area contributed by atoms with Crippen molar-refractivity contribution in [3.05, 3.63) is 70.6 Å². The van der Waals surface area contributed by atoms with Crippen molar-refractivity contribution in [3.63, 3.8) is 0 Å². The van der Waals surface area contributed by atoms with Gasteiger partial charge >= 0.3 is 0 Å². The molecule has 5 rings (SSSR count). The molecule has 2 saturated heterocycles. The largest absolute Gasteiger partial charge is 0.292 e. The standard InChI is InChI=1S/C22H22N4OS/c1-13-10-14(2)24-22(23-13)17-12-26-19(17)11-18(25-26)21(27)16-7-4-3-6-15(16)20-8-5-9-28-20/h3-10,17-19,25H,11-12H2,1-2H3. The van der Waals surface area contributed by atoms with Gasteiger partial charge < -0.3 is 0 Å². The van der Waals surface area contributed by atoms with Gasteiger partial charge in [0.1, 0.15) is 5.82 Å². The van der Waals surface area contributed by atoms with Crippen molar-refractivity contribution >= 4 is 17.1 Å². The number of hydrogen-bond acceptors (Lipinski definition) is 6. The van der Waals surface area contributed by atoms with Crippen LogP contribution in [-0.2, 0) is 0 Å². The molecule has 3 unspecified atom stereocenters. The molecule has 0 amide bonds. The highest BCUT2D eigenvalue weighted by atomic mass is 32.1. The van der Waals surface area contributed by atoms with Crippen LogP contribution < -0.4 is 5.43 Å². The summed E-state index contributed by atoms with van der Waals surface area (Å²) >= 11 is 1.66. The predicted octanol–water partition coefficient (Wildman–Crippen LogP) is 3.75. The average molecular weight is 391 g/mol. The molecule has 0 saturated carbocycles. The second kappa shape index (κ2) is 6.88. The van der Waals surface area contributed by atoms with Crippen LogP contribution in [0.5, 0.6) is 0 Å². The van der Waals surface area contributed by atoms with Gasteiger partial charge in [0.05, 0.1) is 12.0 Å². The Balaban J connectivity index is 1.37. The fraction of sp³-hybridized carbons (Fsp3) is 0.318. The number of fused-ring (bicyclic) bond motifs is 1. The number of rotatable bonds is 4. The lowest BCUT2D eigenvalue weighted by atomic mass is 9.85. The first-order chi connectivity index (χ1) is 13.6. The lowest BCUT2D eigenvalue weighted by Crippen LogP contribution is -2.55. The number of Topliss-reactive ketones (excluding diaryl/α,β-unsaturated/α-hetero) is 1. The van der Waals surface area contributed by atoms with E-state index in [2.05, 4.69) is 26.5 Å². The highest BCUT2D eigenvalue weighted by Crippen LogP contribution is 2.39. The molecular formula is C22H22N4OS. The highest BCUT2D eigenvalue weighted by molar-refractivity contribution is 7.13. The molecule has 2 aliphatic heterocycles. The lowest BCUT2D eigenvalue weighted by molar-refractivity contribution is 0.0495. The number of benzene rings is 1. The molecule has 0 aliphatic carbocycles. The number of thiophene rings is 1. The quantitative estimate of drug-likeness (QED) is 0.688. The number of carbonyl (C=O) groups excluding carboxylic acids is 1. The third-order valence-corrected chi connectivity index (χ3v) is 6.59. The molecule has 142 valence electrons. The van der Waals surface area contributed by atoms with E-state index in [-0.39, 0.29) is 23.8 Å². The van der Waals surface area contributed by atoms with Crippen LogP contribution in [0.3, 0.4) is 0 Å². The van der Waals surface area contributed by atoms with Crippen molar-refractivity contribution in [2.45, 2.75) is 38.3 Å². The van der Waals surface area contributed by atoms with Gasteiger partial charge in [-0.1, -0.05) is 30.3 Å². The highest BCUT2D eigenvalue weighted by Gasteiger charge is 2.49. The first-order valence-electron chi connectivity index (χ1n) is 9.62. The van der Waals surface area contributed by atoms with E-state index in [1.807, 2.05) is 55.6 Å². The molecule has 3 aromatic rings. The number of aromatic nitrogens is 2. The van der Waals surface area contributed by atoms with E-state index in [0.29, 0.717) is 0 Å². The number of hydrazine groups is 1. The van der Waals surface area contributed by atoms with Crippen molar-refractivity contribution in [2.75, 3.05) is 6.54 Å². The Kier molecular flexibility index (Phi) is 4.34. The summed E-state index contributed by atoms with van der Waals surface area (Å²) < 4.78 is 0. The first-order valence-corrected chi connectivity index (χ1v) is 10.5. The zero-order valence-electron chi connectivity index (χ0n) is 15.9. The second-order valence-electron chi connectivity index (χ2n) is 7.64. The van der Waals surface area contributed by atoms with Crippen molar-refractivity contribution in [3.8, 4) is 10.4 Å². The summed E-state index contributed by atoms with van der Waals surface area (Å²) in [5.74, 6) is 1.36. The van der Waals surface area contributed by atoms with Crippen LogP contribution in [0, 0.1) is 13.8 Å². The van der Waals surface area contributed by atoms with Gasteiger partial charge in [0.25, 0.3) is 0 Å². The SMILES string of the molecule is Cc1cc(C)nc(C2CN3NC(C(=O)c4ccccc4-c4cccs4)CC23)n1. The van der Waals surface area contributed by atoms with Gasteiger partial charge in [-0.05, 0) is 37.8 Å². The molecule has 0 bridgehead atoms. The maximum Gasteiger partial charge on any atom is 0.181 e. The summed E-state index contributed by atoms with van der Waals surface area (Å²) in [4.78, 5) is 23.7. The van der Waals surface area contributed by atoms with Crippen molar-refractivity contribution in [2.24, 2.45) is 0 Å². The molecule has 2 fully saturated rings. The smallest absolute Gasteiger partial charge is 0.181 e. The number of carbonyl (C=O) groups is 1. The van der Waals surface area contributed by atoms with Crippen LogP contribution in [-0.4, -0.2) is 39.4 Å². The summed E-state index contributed by atoms with van der Waals surface area (Å²) in [5, 5.41) is 4.23. The predicted molar refractivity (Wildman–Crippen MR) is 110 cm³/mol. The third-order valence-electron chi connectivity index (χ3n) is 5.68. The fourth-order valence-electron chi connectivity index (χ4n) is 4.35. The van der Waals surface area contributed by atoms with Crippen molar-refractivity contribution < 1.29 is 4.79 Å². The molecule has 2 aliphatic rings. The Labute approximate surface area is 168 Å². The topological polar surface area (TPSA) is 58.1 Å². The fourth-order valence-corrected chi connectivity index (χ4v) is 5.12. The Hall–Kier alpha value is -2.41. The van der Waals surface area contributed by atoms with Crippen LogP contribution in [0.4, 0.5) is 0 Å². The number of nitrogens with one attached hydrogen (secondary N) is 1. The van der Waals surface area contributed by atoms with Gasteiger partial charge in [-0.3, -0.25) is 4.79 Å². The molecule has 1 N–H and O–H groups in total. The molecule has 1 aromatic carbocycles. The van der Waals surface area contributed by atoms with E-state index in [0.717, 1.165) is 46.2 Å². The number of ketones is 1. The number of nitrogens with zero attached hydrogens (tertiary/aromatic N) is 3. The molecule has 6 heteroatoms. The van der Waals surface area contributed by atoms with E-state index in [9.17, 15) is 4.79 Å². The monoisotopic (exact) mass is 390 g/mol. The number of aryl methyl sites for hydroxylation is 2. The van der Waals surface area contributed by atoms with E-state index in [4.69, 9.17) is 0 Å². The molecule has 3 atom stereocenters. The van der Waals surface area contributed by atoms with Crippen molar-refractivity contribution in [1.29, 1.82) is 0 Å². The molecule has 4 heterocycles. The van der Waals surface area contributed by atoms with Crippen molar-refractivity contribution in [1.82, 2.24) is 20.4 Å². The second-order valence-corrected chi connectivity index (χ2v) is 8.59. The zero-order valence-corrected chi connectivity index (χ0v) is 16.7. The van der Waals surface area contributed by atoms with Gasteiger partial charge in [-0.2, -0.15) is 0 Å². The van der Waals surface area contributed by atoms with Gasteiger partial charge in [-0.25, -0.2) is 20.4 Å². The minimum absolute atomic E-state index is 0.165. The summed E-state index contributed by atoms with van der Waals surface area (Å²) in [6.45, 7) is 4.87. The average Bonchev–Trinajstić information content (AvgIpc) is 3.30. The molecule has 0 spiro atoms. The summed E-state index contributed by atoms with van der Waals surface area (Å²) in [6.07, 6.45) is 0.790. The lowest BCUT2D eigenvalue weighted by Gasteiger charge is -2.41. The maximum atomic E-state index is 13.3. The first kappa shape index (κ1) is 17.7. The molecular weight excluding hydrogens is 368 g/mol. The van der Waals surface area contributed by atoms with E-state index in [1.54, 1.807) is 11.3 Å². The zero-order chi connectivity index (χ0) is 19.3. The maximum absolute atomic E-state index is 13.3. The van der Waals surface area contributed by atoms with Gasteiger partial charge in [0.15, 0.2) is 5.78 Å². The number of hydrogen-bond donors (Lipinski definition) is 1. The van der Waals surface area contributed by atoms with Crippen LogP contribution >= 0.6 is 11.3 Å². The van der Waals surface area contributed by atoms with E-state index >= 15 is 0 Å². The minimum Gasteiger partial charge on any atom is -0.292 e. The summed E-state index contributed by atoms with van der Waals surface area (Å²) in [6, 6.07) is 14.1. The van der Waals surface area contributed by atoms with Crippen LogP contribution in [0.25, 0.3) is 10.4 Å². The Bertz CT molecular complexity index is 1010. The molecule has 0 radical (unpaired) electrons. The summed E-state index contributed by atoms with van der Waals surface area (Å²) in [7, 11) is 0. The Morgan fingerprint density at radius 3 is 2.68 bits per heavy atom. The van der Waals surface area contributed by atoms with Crippen LogP contribution in [0.1, 0.15) is 39.9 Å². The normalized spacial score (nSPS) is 24.0. The van der Waals surface area contributed by atoms with Crippen LogP contribution in [0.2, 0.25) is 0 Å². The molecule has 5 nitrogen and oxygen atoms in total.